The van der Waals surface area contributed by atoms with E-state index in [4.69, 9.17) is 14.2 Å². The van der Waals surface area contributed by atoms with Gasteiger partial charge in [-0.15, -0.1) is 21.5 Å². The number of ether oxygens (including phenoxy) is 3. The Balaban J connectivity index is 1.33. The van der Waals surface area contributed by atoms with Crippen molar-refractivity contribution in [1.29, 1.82) is 0 Å². The zero-order valence-corrected chi connectivity index (χ0v) is 27.3. The van der Waals surface area contributed by atoms with Crippen molar-refractivity contribution in [3.63, 3.8) is 0 Å². The number of halogens is 1. The Bertz CT molecular complexity index is 1720. The highest BCUT2D eigenvalue weighted by atomic mass is 32.2. The molecule has 11 nitrogen and oxygen atoms in total. The summed E-state index contributed by atoms with van der Waals surface area (Å²) in [5.41, 5.74) is 2.32. The number of benzene rings is 2. The van der Waals surface area contributed by atoms with Gasteiger partial charge in [-0.1, -0.05) is 18.2 Å². The van der Waals surface area contributed by atoms with Gasteiger partial charge in [-0.05, 0) is 80.6 Å². The van der Waals surface area contributed by atoms with Crippen molar-refractivity contribution in [2.24, 2.45) is 0 Å². The molecule has 0 fully saturated rings. The number of rotatable bonds is 12. The molecule has 2 amide bonds. The first-order valence-corrected chi connectivity index (χ1v) is 16.6. The van der Waals surface area contributed by atoms with Crippen LogP contribution in [-0.4, -0.2) is 59.1 Å². The summed E-state index contributed by atoms with van der Waals surface area (Å²) in [5, 5.41) is 15.1. The molecule has 2 aromatic heterocycles. The second-order valence-electron chi connectivity index (χ2n) is 10.3. The number of hydrogen-bond acceptors (Lipinski definition) is 10. The van der Waals surface area contributed by atoms with Gasteiger partial charge in [0.15, 0.2) is 22.5 Å². The number of amides is 2. The summed E-state index contributed by atoms with van der Waals surface area (Å²) in [6.07, 6.45) is 4.75. The summed E-state index contributed by atoms with van der Waals surface area (Å²) in [5.74, 6) is -0.321. The summed E-state index contributed by atoms with van der Waals surface area (Å²) in [4.78, 5) is 40.2. The Morgan fingerprint density at radius 1 is 1.00 bits per heavy atom. The van der Waals surface area contributed by atoms with Crippen LogP contribution in [0.5, 0.6) is 11.5 Å². The van der Waals surface area contributed by atoms with Gasteiger partial charge in [0.2, 0.25) is 5.91 Å². The average Bonchev–Trinajstić information content (AvgIpc) is 3.54. The maximum absolute atomic E-state index is 13.8. The van der Waals surface area contributed by atoms with Gasteiger partial charge in [-0.3, -0.25) is 14.2 Å². The van der Waals surface area contributed by atoms with Crippen LogP contribution in [0.2, 0.25) is 0 Å². The van der Waals surface area contributed by atoms with E-state index in [9.17, 15) is 18.8 Å². The lowest BCUT2D eigenvalue weighted by atomic mass is 10.1. The zero-order chi connectivity index (χ0) is 32.6. The van der Waals surface area contributed by atoms with Crippen LogP contribution in [0.25, 0.3) is 5.69 Å². The Hall–Kier alpha value is -4.43. The highest BCUT2D eigenvalue weighted by Gasteiger charge is 2.27. The summed E-state index contributed by atoms with van der Waals surface area (Å²) in [7, 11) is 2.99. The molecule has 0 saturated heterocycles. The highest BCUT2D eigenvalue weighted by molar-refractivity contribution is 7.99. The van der Waals surface area contributed by atoms with Crippen molar-refractivity contribution >= 4 is 45.9 Å². The number of methoxy groups -OCH3 is 2. The number of nitrogens with one attached hydrogen (secondary N) is 2. The molecule has 242 valence electrons. The van der Waals surface area contributed by atoms with Crippen LogP contribution in [0, 0.1) is 5.82 Å². The van der Waals surface area contributed by atoms with Crippen molar-refractivity contribution in [2.75, 3.05) is 31.9 Å². The van der Waals surface area contributed by atoms with E-state index >= 15 is 0 Å². The number of esters is 1. The first kappa shape index (κ1) is 32.9. The maximum Gasteiger partial charge on any atom is 0.341 e. The van der Waals surface area contributed by atoms with Crippen LogP contribution in [0.15, 0.2) is 47.6 Å². The number of fused-ring (bicyclic) bond motifs is 1. The third kappa shape index (κ3) is 7.50. The molecule has 5 rings (SSSR count). The number of thiophene rings is 1. The van der Waals surface area contributed by atoms with E-state index in [1.807, 2.05) is 0 Å². The molecule has 2 heterocycles. The molecule has 2 aromatic carbocycles. The van der Waals surface area contributed by atoms with Gasteiger partial charge in [0.25, 0.3) is 5.91 Å². The number of nitrogens with zero attached hydrogens (tertiary/aromatic N) is 3. The lowest BCUT2D eigenvalue weighted by Crippen LogP contribution is -2.24. The fourth-order valence-corrected chi connectivity index (χ4v) is 7.20. The number of carbonyl (C=O) groups is 3. The molecule has 0 unspecified atom stereocenters. The largest absolute Gasteiger partial charge is 0.493 e. The fraction of sp³-hybridized carbons (Fsp3) is 0.344. The van der Waals surface area contributed by atoms with Crippen LogP contribution in [0.1, 0.15) is 63.2 Å². The maximum atomic E-state index is 13.8. The number of hydrogen-bond donors (Lipinski definition) is 2. The summed E-state index contributed by atoms with van der Waals surface area (Å²) < 4.78 is 31.3. The van der Waals surface area contributed by atoms with Crippen molar-refractivity contribution in [3.05, 3.63) is 75.7 Å². The molecular weight excluding hydrogens is 634 g/mol. The van der Waals surface area contributed by atoms with E-state index in [0.29, 0.717) is 44.3 Å². The van der Waals surface area contributed by atoms with Crippen molar-refractivity contribution in [2.45, 2.75) is 50.7 Å². The van der Waals surface area contributed by atoms with Crippen LogP contribution >= 0.6 is 23.1 Å². The topological polar surface area (TPSA) is 134 Å². The molecule has 0 aliphatic heterocycles. The number of aromatic nitrogens is 3. The van der Waals surface area contributed by atoms with E-state index < -0.39 is 11.8 Å². The molecule has 1 aliphatic carbocycles. The zero-order valence-electron chi connectivity index (χ0n) is 25.7. The number of aryl methyl sites for hydroxylation is 1. The van der Waals surface area contributed by atoms with Gasteiger partial charge < -0.3 is 24.8 Å². The van der Waals surface area contributed by atoms with E-state index in [1.54, 1.807) is 41.8 Å². The predicted molar refractivity (Wildman–Crippen MR) is 173 cm³/mol. The minimum Gasteiger partial charge on any atom is -0.493 e. The molecule has 4 aromatic rings. The van der Waals surface area contributed by atoms with E-state index in [0.717, 1.165) is 54.3 Å². The molecule has 2 N–H and O–H groups in total. The van der Waals surface area contributed by atoms with Gasteiger partial charge >= 0.3 is 5.97 Å². The van der Waals surface area contributed by atoms with E-state index in [1.165, 1.54) is 37.7 Å². The van der Waals surface area contributed by atoms with Gasteiger partial charge in [-0.25, -0.2) is 9.18 Å². The minimum absolute atomic E-state index is 0.00599. The Labute approximate surface area is 273 Å². The second kappa shape index (κ2) is 15.2. The predicted octanol–water partition coefficient (Wildman–Crippen LogP) is 5.59. The molecule has 0 bridgehead atoms. The van der Waals surface area contributed by atoms with Crippen LogP contribution in [-0.2, 0) is 28.9 Å². The van der Waals surface area contributed by atoms with E-state index in [2.05, 4.69) is 20.8 Å². The third-order valence-electron chi connectivity index (χ3n) is 7.32. The van der Waals surface area contributed by atoms with Crippen LogP contribution < -0.4 is 20.1 Å². The first-order chi connectivity index (χ1) is 22.3. The normalized spacial score (nSPS) is 12.5. The molecule has 0 radical (unpaired) electrons. The minimum atomic E-state index is -0.430. The lowest BCUT2D eigenvalue weighted by molar-refractivity contribution is -0.113. The highest BCUT2D eigenvalue weighted by Crippen LogP contribution is 2.38. The number of carbonyl (C=O) groups excluding carboxylic acids is 3. The summed E-state index contributed by atoms with van der Waals surface area (Å²) in [6, 6.07) is 10.6. The van der Waals surface area contributed by atoms with Gasteiger partial charge in [0.05, 0.1) is 38.7 Å². The first-order valence-electron chi connectivity index (χ1n) is 14.8. The molecule has 0 saturated carbocycles. The fourth-order valence-electron chi connectivity index (χ4n) is 5.14. The third-order valence-corrected chi connectivity index (χ3v) is 9.46. The molecule has 1 aliphatic rings. The van der Waals surface area contributed by atoms with Crippen molar-refractivity contribution < 1.29 is 33.0 Å². The van der Waals surface area contributed by atoms with Gasteiger partial charge in [-0.2, -0.15) is 0 Å². The SMILES string of the molecule is CCOC(=O)c1c(NC(=O)CSc2nnc(CNC(=O)c3ccc(OC)c(OC)c3)n2-c2ccc(F)cc2)sc2c1CCCCC2. The quantitative estimate of drug-likeness (QED) is 0.113. The van der Waals surface area contributed by atoms with Crippen molar-refractivity contribution in [3.8, 4) is 17.2 Å². The lowest BCUT2D eigenvalue weighted by Gasteiger charge is -2.12. The van der Waals surface area contributed by atoms with Gasteiger partial charge in [0, 0.05) is 16.1 Å². The molecule has 46 heavy (non-hydrogen) atoms. The van der Waals surface area contributed by atoms with Crippen LogP contribution in [0.3, 0.4) is 0 Å². The number of thioether (sulfide) groups is 1. The second-order valence-corrected chi connectivity index (χ2v) is 12.3. The summed E-state index contributed by atoms with van der Waals surface area (Å²) >= 11 is 2.56. The molecule has 14 heteroatoms. The smallest absolute Gasteiger partial charge is 0.341 e. The van der Waals surface area contributed by atoms with Crippen LogP contribution in [0.4, 0.5) is 9.39 Å². The monoisotopic (exact) mass is 667 g/mol. The van der Waals surface area contributed by atoms with Crippen molar-refractivity contribution in [1.82, 2.24) is 20.1 Å². The number of anilines is 1. The molecule has 0 atom stereocenters. The average molecular weight is 668 g/mol. The molecule has 0 spiro atoms. The summed E-state index contributed by atoms with van der Waals surface area (Å²) in [6.45, 7) is 1.99. The Morgan fingerprint density at radius 3 is 2.50 bits per heavy atom. The standard InChI is InChI=1S/C32H34FN5O6S2/c1-4-44-31(41)28-22-8-6-5-7-9-25(22)46-30(28)35-27(39)18-45-32-37-36-26(38(32)21-13-11-20(33)12-14-21)17-34-29(40)19-10-15-23(42-2)24(16-19)43-3/h10-16H,4-9,17-18H2,1-3H3,(H,34,40)(H,35,39). The molecular formula is C32H34FN5O6S2. The Kier molecular flexibility index (Phi) is 10.9. The van der Waals surface area contributed by atoms with E-state index in [-0.39, 0.29) is 30.7 Å². The van der Waals surface area contributed by atoms with Gasteiger partial charge in [0.1, 0.15) is 10.8 Å². The Morgan fingerprint density at radius 2 is 1.76 bits per heavy atom.